The van der Waals surface area contributed by atoms with Crippen molar-refractivity contribution in [3.05, 3.63) is 65.9 Å². The summed E-state index contributed by atoms with van der Waals surface area (Å²) in [7, 11) is 2.06. The highest BCUT2D eigenvalue weighted by Gasteiger charge is 2.05. The van der Waals surface area contributed by atoms with Crippen LogP contribution in [0.3, 0.4) is 0 Å². The Kier molecular flexibility index (Phi) is 3.78. The first kappa shape index (κ1) is 12.4. The van der Waals surface area contributed by atoms with Gasteiger partial charge >= 0.3 is 0 Å². The van der Waals surface area contributed by atoms with Gasteiger partial charge in [0.2, 0.25) is 0 Å². The molecule has 2 nitrogen and oxygen atoms in total. The van der Waals surface area contributed by atoms with Gasteiger partial charge in [-0.2, -0.15) is 0 Å². The molecular weight excluding hydrogens is 220 g/mol. The van der Waals surface area contributed by atoms with E-state index in [2.05, 4.69) is 60.8 Å². The van der Waals surface area contributed by atoms with Crippen LogP contribution in [0.4, 0.5) is 5.82 Å². The Bertz CT molecular complexity index is 532. The van der Waals surface area contributed by atoms with E-state index in [1.54, 1.807) is 0 Å². The standard InChI is InChI=1S/C16H18N2/c1-4-15-11-17-16(10-13(15)2)18(3)12-14-8-6-5-7-9-14/h4-11H,1,12H2,2-3H3. The molecule has 1 heterocycles. The van der Waals surface area contributed by atoms with Crippen molar-refractivity contribution in [3.63, 3.8) is 0 Å². The molecule has 0 fully saturated rings. The second-order valence-electron chi connectivity index (χ2n) is 4.44. The fraction of sp³-hybridized carbons (Fsp3) is 0.188. The Hall–Kier alpha value is -2.09. The van der Waals surface area contributed by atoms with Crippen LogP contribution >= 0.6 is 0 Å². The number of nitrogens with zero attached hydrogens (tertiary/aromatic N) is 2. The van der Waals surface area contributed by atoms with E-state index >= 15 is 0 Å². The van der Waals surface area contributed by atoms with Gasteiger partial charge in [-0.15, -0.1) is 0 Å². The van der Waals surface area contributed by atoms with Crippen molar-refractivity contribution in [2.24, 2.45) is 0 Å². The highest BCUT2D eigenvalue weighted by atomic mass is 15.2. The van der Waals surface area contributed by atoms with Crippen LogP contribution in [-0.4, -0.2) is 12.0 Å². The van der Waals surface area contributed by atoms with E-state index in [1.165, 1.54) is 11.1 Å². The zero-order valence-electron chi connectivity index (χ0n) is 10.9. The molecule has 1 aromatic heterocycles. The lowest BCUT2D eigenvalue weighted by molar-refractivity contribution is 0.896. The maximum Gasteiger partial charge on any atom is 0.128 e. The van der Waals surface area contributed by atoms with Crippen LogP contribution in [0.15, 0.2) is 49.2 Å². The van der Waals surface area contributed by atoms with Crippen molar-refractivity contribution in [1.29, 1.82) is 0 Å². The molecule has 0 atom stereocenters. The van der Waals surface area contributed by atoms with Crippen LogP contribution in [-0.2, 0) is 6.54 Å². The topological polar surface area (TPSA) is 16.1 Å². The number of hydrogen-bond donors (Lipinski definition) is 0. The van der Waals surface area contributed by atoms with E-state index in [0.717, 1.165) is 17.9 Å². The molecule has 0 bridgehead atoms. The van der Waals surface area contributed by atoms with Crippen LogP contribution in [0.2, 0.25) is 0 Å². The highest BCUT2D eigenvalue weighted by molar-refractivity contribution is 5.54. The van der Waals surface area contributed by atoms with Gasteiger partial charge in [-0.3, -0.25) is 0 Å². The van der Waals surface area contributed by atoms with Gasteiger partial charge in [0.15, 0.2) is 0 Å². The molecule has 18 heavy (non-hydrogen) atoms. The summed E-state index contributed by atoms with van der Waals surface area (Å²) in [4.78, 5) is 6.61. The molecule has 0 aliphatic rings. The van der Waals surface area contributed by atoms with Gasteiger partial charge in [-0.1, -0.05) is 43.0 Å². The van der Waals surface area contributed by atoms with Crippen molar-refractivity contribution in [1.82, 2.24) is 4.98 Å². The predicted octanol–water partition coefficient (Wildman–Crippen LogP) is 3.67. The summed E-state index contributed by atoms with van der Waals surface area (Å²) >= 11 is 0. The number of benzene rings is 1. The second-order valence-corrected chi connectivity index (χ2v) is 4.44. The number of anilines is 1. The molecule has 1 aromatic carbocycles. The number of aromatic nitrogens is 1. The van der Waals surface area contributed by atoms with E-state index in [9.17, 15) is 0 Å². The first-order valence-corrected chi connectivity index (χ1v) is 6.05. The van der Waals surface area contributed by atoms with Crippen molar-refractivity contribution >= 4 is 11.9 Å². The Labute approximate surface area is 109 Å². The third kappa shape index (κ3) is 2.77. The lowest BCUT2D eigenvalue weighted by Crippen LogP contribution is -2.17. The van der Waals surface area contributed by atoms with E-state index in [4.69, 9.17) is 0 Å². The van der Waals surface area contributed by atoms with Gasteiger partial charge < -0.3 is 4.90 Å². The minimum atomic E-state index is 0.862. The zero-order valence-corrected chi connectivity index (χ0v) is 10.9. The summed E-state index contributed by atoms with van der Waals surface area (Å²) in [6.07, 6.45) is 3.71. The fourth-order valence-electron chi connectivity index (χ4n) is 1.91. The highest BCUT2D eigenvalue weighted by Crippen LogP contribution is 2.17. The molecule has 2 aromatic rings. The number of rotatable bonds is 4. The third-order valence-electron chi connectivity index (χ3n) is 3.01. The van der Waals surface area contributed by atoms with Gasteiger partial charge in [0.05, 0.1) is 0 Å². The largest absolute Gasteiger partial charge is 0.355 e. The molecule has 0 saturated carbocycles. The first-order valence-electron chi connectivity index (χ1n) is 6.05. The smallest absolute Gasteiger partial charge is 0.128 e. The molecule has 2 rings (SSSR count). The number of pyridine rings is 1. The van der Waals surface area contributed by atoms with Crippen LogP contribution in [0, 0.1) is 6.92 Å². The monoisotopic (exact) mass is 238 g/mol. The van der Waals surface area contributed by atoms with Crippen LogP contribution in [0.1, 0.15) is 16.7 Å². The van der Waals surface area contributed by atoms with Crippen LogP contribution in [0.25, 0.3) is 6.08 Å². The Morgan fingerprint density at radius 3 is 2.61 bits per heavy atom. The minimum Gasteiger partial charge on any atom is -0.355 e. The normalized spacial score (nSPS) is 10.1. The minimum absolute atomic E-state index is 0.862. The average Bonchev–Trinajstić information content (AvgIpc) is 2.39. The Balaban J connectivity index is 2.16. The maximum atomic E-state index is 4.46. The van der Waals surface area contributed by atoms with Crippen LogP contribution < -0.4 is 4.90 Å². The second kappa shape index (κ2) is 5.50. The van der Waals surface area contributed by atoms with Gasteiger partial charge in [0.1, 0.15) is 5.82 Å². The van der Waals surface area contributed by atoms with E-state index in [0.29, 0.717) is 0 Å². The summed E-state index contributed by atoms with van der Waals surface area (Å²) in [6, 6.07) is 12.5. The van der Waals surface area contributed by atoms with Crippen molar-refractivity contribution in [3.8, 4) is 0 Å². The van der Waals surface area contributed by atoms with Gasteiger partial charge in [-0.25, -0.2) is 4.98 Å². The Morgan fingerprint density at radius 2 is 2.00 bits per heavy atom. The molecule has 92 valence electrons. The molecule has 0 aliphatic heterocycles. The van der Waals surface area contributed by atoms with E-state index in [-0.39, 0.29) is 0 Å². The Morgan fingerprint density at radius 1 is 1.28 bits per heavy atom. The molecule has 0 saturated heterocycles. The quantitative estimate of drug-likeness (QED) is 0.808. The number of aryl methyl sites for hydroxylation is 1. The van der Waals surface area contributed by atoms with Gasteiger partial charge in [0, 0.05) is 19.8 Å². The maximum absolute atomic E-state index is 4.46. The molecule has 0 N–H and O–H groups in total. The molecule has 0 unspecified atom stereocenters. The lowest BCUT2D eigenvalue weighted by atomic mass is 10.1. The van der Waals surface area contributed by atoms with E-state index < -0.39 is 0 Å². The van der Waals surface area contributed by atoms with E-state index in [1.807, 2.05) is 18.3 Å². The van der Waals surface area contributed by atoms with Crippen molar-refractivity contribution in [2.45, 2.75) is 13.5 Å². The number of hydrogen-bond acceptors (Lipinski definition) is 2. The van der Waals surface area contributed by atoms with Gasteiger partial charge in [0.25, 0.3) is 0 Å². The van der Waals surface area contributed by atoms with Crippen LogP contribution in [0.5, 0.6) is 0 Å². The summed E-state index contributed by atoms with van der Waals surface area (Å²) in [5.41, 5.74) is 3.58. The van der Waals surface area contributed by atoms with Crippen molar-refractivity contribution < 1.29 is 0 Å². The summed E-state index contributed by atoms with van der Waals surface area (Å²) in [6.45, 7) is 6.72. The molecule has 0 spiro atoms. The van der Waals surface area contributed by atoms with Gasteiger partial charge in [-0.05, 0) is 29.7 Å². The predicted molar refractivity (Wildman–Crippen MR) is 77.6 cm³/mol. The first-order chi connectivity index (χ1) is 8.70. The summed E-state index contributed by atoms with van der Waals surface area (Å²) in [5.74, 6) is 0.988. The molecule has 0 aliphatic carbocycles. The lowest BCUT2D eigenvalue weighted by Gasteiger charge is -2.19. The SMILES string of the molecule is C=Cc1cnc(N(C)Cc2ccccc2)cc1C. The third-order valence-corrected chi connectivity index (χ3v) is 3.01. The zero-order chi connectivity index (χ0) is 13.0. The molecule has 2 heteroatoms. The molecule has 0 amide bonds. The summed E-state index contributed by atoms with van der Waals surface area (Å²) in [5, 5.41) is 0. The van der Waals surface area contributed by atoms with Crippen molar-refractivity contribution in [2.75, 3.05) is 11.9 Å². The molecular formula is C16H18N2. The summed E-state index contributed by atoms with van der Waals surface area (Å²) < 4.78 is 0. The average molecular weight is 238 g/mol. The molecule has 0 radical (unpaired) electrons. The fourth-order valence-corrected chi connectivity index (χ4v) is 1.91.